The predicted octanol–water partition coefficient (Wildman–Crippen LogP) is 4.09. The Kier molecular flexibility index (Phi) is 10.4. The van der Waals surface area contributed by atoms with Gasteiger partial charge in [0.05, 0.1) is 18.0 Å². The van der Waals surface area contributed by atoms with Gasteiger partial charge in [-0.25, -0.2) is 31.4 Å². The van der Waals surface area contributed by atoms with Crippen molar-refractivity contribution in [2.24, 2.45) is 5.73 Å². The van der Waals surface area contributed by atoms with Crippen LogP contribution in [0.15, 0.2) is 42.5 Å². The summed E-state index contributed by atoms with van der Waals surface area (Å²) in [5.41, 5.74) is 7.36. The zero-order chi connectivity index (χ0) is 33.9. The Bertz CT molecular complexity index is 1900. The molecule has 0 aliphatic rings. The van der Waals surface area contributed by atoms with Gasteiger partial charge in [0.25, 0.3) is 0 Å². The highest BCUT2D eigenvalue weighted by atomic mass is 35.5. The molecule has 18 heteroatoms. The van der Waals surface area contributed by atoms with Crippen molar-refractivity contribution in [2.75, 3.05) is 11.0 Å². The number of alkyl halides is 3. The highest BCUT2D eigenvalue weighted by molar-refractivity contribution is 7.92. The fourth-order valence-corrected chi connectivity index (χ4v) is 4.44. The molecule has 3 heterocycles. The molecule has 0 spiro atoms. The van der Waals surface area contributed by atoms with Crippen molar-refractivity contribution in [2.45, 2.75) is 38.1 Å². The molecule has 0 aliphatic heterocycles. The van der Waals surface area contributed by atoms with Crippen molar-refractivity contribution >= 4 is 39.2 Å². The number of nitrogens with zero attached hydrogens (tertiary/aromatic N) is 4. The standard InChI is InChI=1S/C25H23ClF2N6O3S.C2HF3O2/c1-25(2,35)9-8-17-4-5-18(22(30-17)20(29)12-14-10-15(27)13-16(28)11-14)19-6-7-21(26)34-23(19)31-32-24(34)33-38(3,36)37;3-2(4,5)1(6)7/h4-7,10-11,13,20,35H,12,29H2,1-3H3,(H,32,33);(H,6,7)/t20-;/m0./s1. The third-order valence-electron chi connectivity index (χ3n) is 5.46. The van der Waals surface area contributed by atoms with Gasteiger partial charge in [-0.3, -0.25) is 4.72 Å². The molecule has 0 fully saturated rings. The molecule has 0 unspecified atom stereocenters. The maximum absolute atomic E-state index is 13.8. The van der Waals surface area contributed by atoms with Crippen molar-refractivity contribution in [3.8, 4) is 23.0 Å². The molecule has 0 aliphatic carbocycles. The number of carbonyl (C=O) groups is 1. The van der Waals surface area contributed by atoms with Crippen molar-refractivity contribution in [1.82, 2.24) is 19.6 Å². The number of fused-ring (bicyclic) bond motifs is 1. The van der Waals surface area contributed by atoms with Crippen molar-refractivity contribution in [1.29, 1.82) is 0 Å². The van der Waals surface area contributed by atoms with Gasteiger partial charge >= 0.3 is 12.1 Å². The molecule has 4 rings (SSSR count). The van der Waals surface area contributed by atoms with Gasteiger partial charge in [0.1, 0.15) is 28.1 Å². The second-order valence-corrected chi connectivity index (χ2v) is 12.1. The summed E-state index contributed by atoms with van der Waals surface area (Å²) in [6, 6.07) is 8.76. The molecule has 0 saturated heterocycles. The minimum Gasteiger partial charge on any atom is -0.475 e. The summed E-state index contributed by atoms with van der Waals surface area (Å²) in [5, 5.41) is 25.3. The summed E-state index contributed by atoms with van der Waals surface area (Å²) in [4.78, 5) is 13.5. The molecule has 3 aromatic heterocycles. The van der Waals surface area contributed by atoms with Crippen molar-refractivity contribution in [3.63, 3.8) is 0 Å². The molecule has 1 atom stereocenters. The van der Waals surface area contributed by atoms with E-state index in [2.05, 4.69) is 31.7 Å². The highest BCUT2D eigenvalue weighted by Crippen LogP contribution is 2.33. The zero-order valence-electron chi connectivity index (χ0n) is 23.5. The lowest BCUT2D eigenvalue weighted by Gasteiger charge is -2.17. The van der Waals surface area contributed by atoms with Gasteiger partial charge in [-0.2, -0.15) is 13.2 Å². The van der Waals surface area contributed by atoms with E-state index in [4.69, 9.17) is 27.2 Å². The summed E-state index contributed by atoms with van der Waals surface area (Å²) in [6.45, 7) is 3.05. The van der Waals surface area contributed by atoms with E-state index < -0.39 is 45.4 Å². The zero-order valence-corrected chi connectivity index (χ0v) is 25.1. The first-order valence-electron chi connectivity index (χ1n) is 12.4. The molecule has 0 saturated carbocycles. The first-order chi connectivity index (χ1) is 20.6. The second-order valence-electron chi connectivity index (χ2n) is 9.96. The van der Waals surface area contributed by atoms with Crippen molar-refractivity contribution < 1.29 is 45.4 Å². The number of hydrogen-bond donors (Lipinski definition) is 4. The molecular weight excluding hydrogens is 651 g/mol. The number of benzene rings is 1. The van der Waals surface area contributed by atoms with E-state index in [1.54, 1.807) is 18.2 Å². The minimum atomic E-state index is -5.08. The number of aliphatic carboxylic acids is 1. The maximum atomic E-state index is 13.8. The van der Waals surface area contributed by atoms with Gasteiger partial charge in [-0.1, -0.05) is 17.5 Å². The fraction of sp³-hybridized carbons (Fsp3) is 0.259. The number of carboxylic acids is 1. The summed E-state index contributed by atoms with van der Waals surface area (Å²) in [6.07, 6.45) is -4.08. The van der Waals surface area contributed by atoms with Crippen LogP contribution in [0.5, 0.6) is 0 Å². The Morgan fingerprint density at radius 3 is 2.20 bits per heavy atom. The van der Waals surface area contributed by atoms with Crippen LogP contribution in [0.3, 0.4) is 0 Å². The molecule has 45 heavy (non-hydrogen) atoms. The fourth-order valence-electron chi connectivity index (χ4n) is 3.76. The molecular formula is C27H24ClF5N6O5S. The Morgan fingerprint density at radius 2 is 1.67 bits per heavy atom. The highest BCUT2D eigenvalue weighted by Gasteiger charge is 2.38. The average molecular weight is 675 g/mol. The summed E-state index contributed by atoms with van der Waals surface area (Å²) in [5.74, 6) is 1.14. The smallest absolute Gasteiger partial charge is 0.475 e. The van der Waals surface area contributed by atoms with Crippen LogP contribution in [0.2, 0.25) is 5.15 Å². The lowest BCUT2D eigenvalue weighted by Crippen LogP contribution is -2.21. The van der Waals surface area contributed by atoms with Gasteiger partial charge < -0.3 is 15.9 Å². The third-order valence-corrected chi connectivity index (χ3v) is 6.31. The molecule has 240 valence electrons. The van der Waals surface area contributed by atoms with Crippen LogP contribution >= 0.6 is 11.6 Å². The number of sulfonamides is 1. The Hall–Kier alpha value is -4.37. The van der Waals surface area contributed by atoms with Crippen LogP contribution in [0.25, 0.3) is 16.8 Å². The number of halogens is 6. The number of nitrogens with one attached hydrogen (secondary N) is 1. The normalized spacial score (nSPS) is 12.5. The van der Waals surface area contributed by atoms with Gasteiger partial charge in [0.2, 0.25) is 16.0 Å². The van der Waals surface area contributed by atoms with E-state index in [0.29, 0.717) is 28.1 Å². The quantitative estimate of drug-likeness (QED) is 0.133. The molecule has 0 bridgehead atoms. The SMILES string of the molecule is CC(C)(O)C#Cc1ccc(-c2ccc(Cl)n3c(NS(C)(=O)=O)nnc23)c([C@@H](N)Cc2cc(F)cc(F)c2)n1.O=C(O)C(F)(F)F. The van der Waals surface area contributed by atoms with Crippen LogP contribution in [0, 0.1) is 23.5 Å². The van der Waals surface area contributed by atoms with Crippen LogP contribution in [0.1, 0.15) is 36.8 Å². The van der Waals surface area contributed by atoms with Crippen LogP contribution in [-0.2, 0) is 21.2 Å². The van der Waals surface area contributed by atoms with Gasteiger partial charge in [0.15, 0.2) is 5.65 Å². The average Bonchev–Trinajstić information content (AvgIpc) is 3.29. The Labute approximate surface area is 257 Å². The second kappa shape index (κ2) is 13.3. The molecule has 0 radical (unpaired) electrons. The number of aliphatic hydroxyl groups is 1. The monoisotopic (exact) mass is 674 g/mol. The molecule has 4 aromatic rings. The number of carboxylic acid groups (broad SMARTS) is 1. The lowest BCUT2D eigenvalue weighted by atomic mass is 9.96. The number of rotatable bonds is 6. The predicted molar refractivity (Wildman–Crippen MR) is 154 cm³/mol. The van der Waals surface area contributed by atoms with E-state index in [1.807, 2.05) is 0 Å². The van der Waals surface area contributed by atoms with E-state index in [0.717, 1.165) is 12.3 Å². The van der Waals surface area contributed by atoms with Crippen LogP contribution < -0.4 is 10.5 Å². The van der Waals surface area contributed by atoms with E-state index in [-0.39, 0.29) is 23.2 Å². The van der Waals surface area contributed by atoms with E-state index >= 15 is 0 Å². The molecule has 0 amide bonds. The first-order valence-corrected chi connectivity index (χ1v) is 14.7. The van der Waals surface area contributed by atoms with E-state index in [9.17, 15) is 35.5 Å². The topological polar surface area (TPSA) is 173 Å². The van der Waals surface area contributed by atoms with Gasteiger partial charge in [0, 0.05) is 17.2 Å². The summed E-state index contributed by atoms with van der Waals surface area (Å²) < 4.78 is 86.5. The third kappa shape index (κ3) is 9.81. The molecule has 1 aromatic carbocycles. The maximum Gasteiger partial charge on any atom is 0.490 e. The number of pyridine rings is 2. The van der Waals surface area contributed by atoms with Crippen molar-refractivity contribution in [3.05, 3.63) is 76.2 Å². The van der Waals surface area contributed by atoms with Gasteiger partial charge in [-0.15, -0.1) is 10.2 Å². The first kappa shape index (κ1) is 35.1. The Morgan fingerprint density at radius 1 is 1.09 bits per heavy atom. The van der Waals surface area contributed by atoms with Gasteiger partial charge in [-0.05, 0) is 68.2 Å². The number of nitrogens with two attached hydrogens (primary N) is 1. The minimum absolute atomic E-state index is 0.0362. The molecule has 5 N–H and O–H groups in total. The molecule has 11 nitrogen and oxygen atoms in total. The van der Waals surface area contributed by atoms with Crippen LogP contribution in [0.4, 0.5) is 27.9 Å². The number of hydrogen-bond acceptors (Lipinski definition) is 8. The number of aromatic nitrogens is 4. The summed E-state index contributed by atoms with van der Waals surface area (Å²) >= 11 is 6.34. The largest absolute Gasteiger partial charge is 0.490 e. The summed E-state index contributed by atoms with van der Waals surface area (Å²) in [7, 11) is -3.68. The Balaban J connectivity index is 0.000000707. The van der Waals surface area contributed by atoms with Crippen LogP contribution in [-0.4, -0.2) is 62.2 Å². The lowest BCUT2D eigenvalue weighted by molar-refractivity contribution is -0.192. The number of anilines is 1. The van der Waals surface area contributed by atoms with E-state index in [1.165, 1.54) is 36.4 Å².